The summed E-state index contributed by atoms with van der Waals surface area (Å²) in [5.74, 6) is -0.778. The van der Waals surface area contributed by atoms with Gasteiger partial charge >= 0.3 is 0 Å². The van der Waals surface area contributed by atoms with E-state index in [-0.39, 0.29) is 17.2 Å². The highest BCUT2D eigenvalue weighted by Crippen LogP contribution is 2.24. The maximum Gasteiger partial charge on any atom is 0.255 e. The third-order valence-corrected chi connectivity index (χ3v) is 3.27. The SMILES string of the molecule is CC(NC(=O)c1cc2ccccc2cc1O)C(=O)N(C)C. The molecule has 0 aliphatic rings. The van der Waals surface area contributed by atoms with E-state index in [0.29, 0.717) is 0 Å². The topological polar surface area (TPSA) is 69.6 Å². The van der Waals surface area contributed by atoms with Gasteiger partial charge in [-0.3, -0.25) is 9.59 Å². The Morgan fingerprint density at radius 3 is 2.29 bits per heavy atom. The third-order valence-electron chi connectivity index (χ3n) is 3.27. The van der Waals surface area contributed by atoms with Crippen LogP contribution in [0.2, 0.25) is 0 Å². The van der Waals surface area contributed by atoms with Crippen LogP contribution in [0.15, 0.2) is 36.4 Å². The van der Waals surface area contributed by atoms with E-state index in [1.165, 1.54) is 4.90 Å². The van der Waals surface area contributed by atoms with Gasteiger partial charge in [0.05, 0.1) is 5.56 Å². The Kier molecular flexibility index (Phi) is 4.12. The van der Waals surface area contributed by atoms with Crippen LogP contribution in [0.4, 0.5) is 0 Å². The van der Waals surface area contributed by atoms with Crippen molar-refractivity contribution < 1.29 is 14.7 Å². The van der Waals surface area contributed by atoms with Crippen molar-refractivity contribution in [2.24, 2.45) is 0 Å². The molecule has 0 saturated heterocycles. The number of benzene rings is 2. The second kappa shape index (κ2) is 5.83. The first-order valence-corrected chi connectivity index (χ1v) is 6.64. The zero-order chi connectivity index (χ0) is 15.6. The van der Waals surface area contributed by atoms with Gasteiger partial charge in [-0.15, -0.1) is 0 Å². The van der Waals surface area contributed by atoms with Crippen molar-refractivity contribution in [2.45, 2.75) is 13.0 Å². The number of phenols is 1. The summed E-state index contributed by atoms with van der Waals surface area (Å²) in [5.41, 5.74) is 0.159. The van der Waals surface area contributed by atoms with Crippen LogP contribution in [-0.4, -0.2) is 42.0 Å². The average Bonchev–Trinajstić information content (AvgIpc) is 2.45. The fraction of sp³-hybridized carbons (Fsp3) is 0.250. The molecule has 2 rings (SSSR count). The van der Waals surface area contributed by atoms with Gasteiger partial charge < -0.3 is 15.3 Å². The molecule has 5 nitrogen and oxygen atoms in total. The van der Waals surface area contributed by atoms with Gasteiger partial charge in [0.1, 0.15) is 11.8 Å². The molecule has 21 heavy (non-hydrogen) atoms. The number of rotatable bonds is 3. The molecule has 2 aromatic carbocycles. The summed E-state index contributed by atoms with van der Waals surface area (Å²) in [6, 6.07) is 9.95. The molecule has 0 bridgehead atoms. The van der Waals surface area contributed by atoms with Crippen molar-refractivity contribution in [3.63, 3.8) is 0 Å². The van der Waals surface area contributed by atoms with Gasteiger partial charge in [0.2, 0.25) is 5.91 Å². The maximum absolute atomic E-state index is 12.2. The van der Waals surface area contributed by atoms with Crippen LogP contribution in [-0.2, 0) is 4.79 Å². The fourth-order valence-electron chi connectivity index (χ4n) is 2.13. The Morgan fingerprint density at radius 2 is 1.71 bits per heavy atom. The number of nitrogens with zero attached hydrogens (tertiary/aromatic N) is 1. The van der Waals surface area contributed by atoms with E-state index in [1.54, 1.807) is 33.2 Å². The lowest BCUT2D eigenvalue weighted by atomic mass is 10.1. The predicted molar refractivity (Wildman–Crippen MR) is 81.2 cm³/mol. The molecule has 0 fully saturated rings. The Labute approximate surface area is 123 Å². The van der Waals surface area contributed by atoms with Gasteiger partial charge in [-0.2, -0.15) is 0 Å². The lowest BCUT2D eigenvalue weighted by Crippen LogP contribution is -2.44. The second-order valence-corrected chi connectivity index (χ2v) is 5.14. The molecule has 0 aliphatic heterocycles. The Hall–Kier alpha value is -2.56. The van der Waals surface area contributed by atoms with Gasteiger partial charge in [-0.05, 0) is 29.8 Å². The number of likely N-dealkylation sites (N-methyl/N-ethyl adjacent to an activating group) is 1. The average molecular weight is 286 g/mol. The molecular formula is C16H18N2O3. The number of fused-ring (bicyclic) bond motifs is 1. The molecule has 0 heterocycles. The van der Waals surface area contributed by atoms with E-state index in [0.717, 1.165) is 10.8 Å². The first-order valence-electron chi connectivity index (χ1n) is 6.64. The molecular weight excluding hydrogens is 268 g/mol. The van der Waals surface area contributed by atoms with E-state index in [1.807, 2.05) is 24.3 Å². The van der Waals surface area contributed by atoms with Gasteiger partial charge in [0.25, 0.3) is 5.91 Å². The van der Waals surface area contributed by atoms with Crippen LogP contribution < -0.4 is 5.32 Å². The van der Waals surface area contributed by atoms with E-state index in [2.05, 4.69) is 5.32 Å². The Bertz CT molecular complexity index is 695. The molecule has 1 unspecified atom stereocenters. The van der Waals surface area contributed by atoms with Crippen LogP contribution in [0.25, 0.3) is 10.8 Å². The molecule has 0 spiro atoms. The highest BCUT2D eigenvalue weighted by molar-refractivity contribution is 6.03. The highest BCUT2D eigenvalue weighted by atomic mass is 16.3. The van der Waals surface area contributed by atoms with Crippen molar-refractivity contribution in [3.05, 3.63) is 42.0 Å². The molecule has 0 radical (unpaired) electrons. The normalized spacial score (nSPS) is 12.0. The summed E-state index contributed by atoms with van der Waals surface area (Å²) < 4.78 is 0. The van der Waals surface area contributed by atoms with E-state index < -0.39 is 11.9 Å². The van der Waals surface area contributed by atoms with E-state index in [9.17, 15) is 14.7 Å². The highest BCUT2D eigenvalue weighted by Gasteiger charge is 2.20. The van der Waals surface area contributed by atoms with Crippen LogP contribution in [0.1, 0.15) is 17.3 Å². The minimum atomic E-state index is -0.654. The molecule has 110 valence electrons. The molecule has 2 amide bonds. The minimum absolute atomic E-state index is 0.101. The maximum atomic E-state index is 12.2. The molecule has 2 aromatic rings. The number of aromatic hydroxyl groups is 1. The number of phenolic OH excluding ortho intramolecular Hbond substituents is 1. The minimum Gasteiger partial charge on any atom is -0.507 e. The van der Waals surface area contributed by atoms with Crippen LogP contribution in [0.5, 0.6) is 5.75 Å². The standard InChI is InChI=1S/C16H18N2O3/c1-10(16(21)18(2)3)17-15(20)13-8-11-6-4-5-7-12(11)9-14(13)19/h4-10,19H,1-3H3,(H,17,20). The zero-order valence-corrected chi connectivity index (χ0v) is 12.3. The number of nitrogens with one attached hydrogen (secondary N) is 1. The smallest absolute Gasteiger partial charge is 0.255 e. The summed E-state index contributed by atoms with van der Waals surface area (Å²) in [5, 5.41) is 14.3. The first-order chi connectivity index (χ1) is 9.90. The van der Waals surface area contributed by atoms with Crippen LogP contribution in [0.3, 0.4) is 0 Å². The van der Waals surface area contributed by atoms with Crippen molar-refractivity contribution >= 4 is 22.6 Å². The third kappa shape index (κ3) is 3.13. The van der Waals surface area contributed by atoms with Gasteiger partial charge in [-0.25, -0.2) is 0 Å². The zero-order valence-electron chi connectivity index (χ0n) is 12.3. The van der Waals surface area contributed by atoms with Crippen molar-refractivity contribution in [1.29, 1.82) is 0 Å². The lowest BCUT2D eigenvalue weighted by molar-refractivity contribution is -0.130. The molecule has 1 atom stereocenters. The molecule has 5 heteroatoms. The van der Waals surface area contributed by atoms with Crippen molar-refractivity contribution in [1.82, 2.24) is 10.2 Å². The molecule has 0 saturated carbocycles. The van der Waals surface area contributed by atoms with Crippen LogP contribution >= 0.6 is 0 Å². The Morgan fingerprint density at radius 1 is 1.14 bits per heavy atom. The molecule has 0 aliphatic carbocycles. The number of carbonyl (C=O) groups is 2. The lowest BCUT2D eigenvalue weighted by Gasteiger charge is -2.18. The summed E-state index contributed by atoms with van der Waals surface area (Å²) in [7, 11) is 3.25. The van der Waals surface area contributed by atoms with Crippen molar-refractivity contribution in [3.8, 4) is 5.75 Å². The second-order valence-electron chi connectivity index (χ2n) is 5.14. The van der Waals surface area contributed by atoms with Crippen LogP contribution in [0, 0.1) is 0 Å². The van der Waals surface area contributed by atoms with Gasteiger partial charge in [0.15, 0.2) is 0 Å². The van der Waals surface area contributed by atoms with Gasteiger partial charge in [-0.1, -0.05) is 24.3 Å². The predicted octanol–water partition coefficient (Wildman–Crippen LogP) is 1.75. The summed E-state index contributed by atoms with van der Waals surface area (Å²) in [6.45, 7) is 1.61. The monoisotopic (exact) mass is 286 g/mol. The summed E-state index contributed by atoms with van der Waals surface area (Å²) in [6.07, 6.45) is 0. The molecule has 0 aromatic heterocycles. The molecule has 2 N–H and O–H groups in total. The Balaban J connectivity index is 2.27. The summed E-state index contributed by atoms with van der Waals surface area (Å²) in [4.78, 5) is 25.4. The number of amides is 2. The van der Waals surface area contributed by atoms with Crippen molar-refractivity contribution in [2.75, 3.05) is 14.1 Å². The first kappa shape index (κ1) is 14.8. The fourth-order valence-corrected chi connectivity index (χ4v) is 2.13. The quantitative estimate of drug-likeness (QED) is 0.903. The van der Waals surface area contributed by atoms with E-state index >= 15 is 0 Å². The van der Waals surface area contributed by atoms with E-state index in [4.69, 9.17) is 0 Å². The van der Waals surface area contributed by atoms with Gasteiger partial charge in [0, 0.05) is 14.1 Å². The summed E-state index contributed by atoms with van der Waals surface area (Å²) >= 11 is 0. The number of hydrogen-bond acceptors (Lipinski definition) is 3. The number of carbonyl (C=O) groups excluding carboxylic acids is 2. The largest absolute Gasteiger partial charge is 0.507 e. The number of hydrogen-bond donors (Lipinski definition) is 2.